The van der Waals surface area contributed by atoms with Crippen LogP contribution in [0.5, 0.6) is 0 Å². The molecule has 0 saturated heterocycles. The largest absolute Gasteiger partial charge is 0.434 e. The van der Waals surface area contributed by atoms with E-state index in [1.54, 1.807) is 19.9 Å². The lowest BCUT2D eigenvalue weighted by Crippen LogP contribution is -2.33. The van der Waals surface area contributed by atoms with E-state index < -0.39 is 33.6 Å². The molecule has 2 atom stereocenters. The number of sulfonamides is 1. The average molecular weight is 430 g/mol. The van der Waals surface area contributed by atoms with E-state index in [9.17, 15) is 22.9 Å². The number of nitrogens with one attached hydrogen (secondary N) is 2. The van der Waals surface area contributed by atoms with Crippen molar-refractivity contribution in [2.75, 3.05) is 0 Å². The fourth-order valence-corrected chi connectivity index (χ4v) is 4.72. The zero-order valence-corrected chi connectivity index (χ0v) is 17.2. The van der Waals surface area contributed by atoms with Crippen LogP contribution in [-0.4, -0.2) is 18.6 Å². The molecule has 0 amide bonds. The molecule has 8 nitrogen and oxygen atoms in total. The van der Waals surface area contributed by atoms with Gasteiger partial charge in [-0.3, -0.25) is 0 Å². The van der Waals surface area contributed by atoms with Crippen LogP contribution >= 0.6 is 0 Å². The molecule has 2 N–H and O–H groups in total. The van der Waals surface area contributed by atoms with Crippen molar-refractivity contribution in [1.82, 2.24) is 14.9 Å². The standard InChI is InChI=1S/C20H19FN4O4S/c1-11-8-9-15(21)17(12(11)2)13(3)18(19-23-24-20(26)29-19)25-30(27,28)16-7-5-4-6-14(16)10-22/h4-9,13,18,25H,1-3H3,(H,24,26). The van der Waals surface area contributed by atoms with Gasteiger partial charge in [-0.05, 0) is 48.7 Å². The summed E-state index contributed by atoms with van der Waals surface area (Å²) in [5, 5.41) is 15.1. The van der Waals surface area contributed by atoms with Gasteiger partial charge in [-0.1, -0.05) is 25.1 Å². The predicted octanol–water partition coefficient (Wildman–Crippen LogP) is 2.81. The van der Waals surface area contributed by atoms with Crippen molar-refractivity contribution in [3.05, 3.63) is 80.9 Å². The van der Waals surface area contributed by atoms with Crippen LogP contribution in [0.1, 0.15) is 47.0 Å². The van der Waals surface area contributed by atoms with Gasteiger partial charge in [-0.15, -0.1) is 5.10 Å². The number of aryl methyl sites for hydroxylation is 1. The smallest absolute Gasteiger partial charge is 0.391 e. The van der Waals surface area contributed by atoms with Crippen molar-refractivity contribution < 1.29 is 17.2 Å². The lowest BCUT2D eigenvalue weighted by Gasteiger charge is -2.25. The Bertz CT molecular complexity index is 1290. The number of benzene rings is 2. The Morgan fingerprint density at radius 2 is 1.93 bits per heavy atom. The van der Waals surface area contributed by atoms with Gasteiger partial charge in [0.1, 0.15) is 17.9 Å². The minimum Gasteiger partial charge on any atom is -0.391 e. The van der Waals surface area contributed by atoms with Gasteiger partial charge in [-0.2, -0.15) is 9.98 Å². The predicted molar refractivity (Wildman–Crippen MR) is 106 cm³/mol. The topological polar surface area (TPSA) is 129 Å². The summed E-state index contributed by atoms with van der Waals surface area (Å²) in [5.74, 6) is -2.43. The summed E-state index contributed by atoms with van der Waals surface area (Å²) < 4.78 is 48.2. The van der Waals surface area contributed by atoms with Gasteiger partial charge in [0.15, 0.2) is 0 Å². The van der Waals surface area contributed by atoms with E-state index in [2.05, 4.69) is 14.9 Å². The van der Waals surface area contributed by atoms with Crippen molar-refractivity contribution in [1.29, 1.82) is 5.26 Å². The van der Waals surface area contributed by atoms with Crippen molar-refractivity contribution >= 4 is 10.0 Å². The molecule has 156 valence electrons. The molecule has 30 heavy (non-hydrogen) atoms. The molecule has 0 aliphatic rings. The van der Waals surface area contributed by atoms with Crippen LogP contribution in [0.4, 0.5) is 4.39 Å². The zero-order valence-electron chi connectivity index (χ0n) is 16.4. The SMILES string of the molecule is Cc1ccc(F)c(C(C)C(NS(=O)(=O)c2ccccc2C#N)c2n[nH]c(=O)o2)c1C. The molecule has 1 aromatic heterocycles. The van der Waals surface area contributed by atoms with E-state index in [1.807, 2.05) is 13.0 Å². The van der Waals surface area contributed by atoms with Crippen LogP contribution in [-0.2, 0) is 10.0 Å². The number of aromatic nitrogens is 2. The first-order valence-corrected chi connectivity index (χ1v) is 10.5. The third-order valence-corrected chi connectivity index (χ3v) is 6.49. The summed E-state index contributed by atoms with van der Waals surface area (Å²) in [6.45, 7) is 5.13. The van der Waals surface area contributed by atoms with Crippen molar-refractivity contribution in [3.8, 4) is 6.07 Å². The molecule has 0 fully saturated rings. The molecular weight excluding hydrogens is 411 g/mol. The normalized spacial score (nSPS) is 13.6. The molecule has 2 aromatic carbocycles. The summed E-state index contributed by atoms with van der Waals surface area (Å²) >= 11 is 0. The Morgan fingerprint density at radius 3 is 2.57 bits per heavy atom. The van der Waals surface area contributed by atoms with Crippen LogP contribution in [0, 0.1) is 31.0 Å². The third kappa shape index (κ3) is 4.03. The van der Waals surface area contributed by atoms with Gasteiger partial charge < -0.3 is 4.42 Å². The zero-order chi connectivity index (χ0) is 22.1. The number of nitriles is 1. The number of hydrogen-bond acceptors (Lipinski definition) is 6. The second-order valence-corrected chi connectivity index (χ2v) is 8.53. The molecule has 0 radical (unpaired) electrons. The second kappa shape index (κ2) is 8.22. The fourth-order valence-electron chi connectivity index (χ4n) is 3.29. The van der Waals surface area contributed by atoms with Crippen LogP contribution in [0.15, 0.2) is 50.5 Å². The van der Waals surface area contributed by atoms with Crippen molar-refractivity contribution in [2.24, 2.45) is 0 Å². The minimum atomic E-state index is -4.24. The first-order chi connectivity index (χ1) is 14.2. The molecule has 0 bridgehead atoms. The fraction of sp³-hybridized carbons (Fsp3) is 0.250. The monoisotopic (exact) mass is 430 g/mol. The van der Waals surface area contributed by atoms with Gasteiger partial charge >= 0.3 is 5.76 Å². The van der Waals surface area contributed by atoms with E-state index in [0.29, 0.717) is 5.56 Å². The number of aromatic amines is 1. The molecule has 0 spiro atoms. The lowest BCUT2D eigenvalue weighted by molar-refractivity contribution is 0.376. The molecule has 2 unspecified atom stereocenters. The molecule has 0 aliphatic carbocycles. The molecule has 3 rings (SSSR count). The summed E-state index contributed by atoms with van der Waals surface area (Å²) in [5.41, 5.74) is 1.67. The molecule has 0 saturated carbocycles. The summed E-state index contributed by atoms with van der Waals surface area (Å²) in [6, 6.07) is 9.20. The number of halogens is 1. The Kier molecular flexibility index (Phi) is 5.87. The number of rotatable bonds is 6. The van der Waals surface area contributed by atoms with Crippen LogP contribution in [0.25, 0.3) is 0 Å². The van der Waals surface area contributed by atoms with Crippen LogP contribution in [0.3, 0.4) is 0 Å². The number of H-pyrrole nitrogens is 1. The van der Waals surface area contributed by atoms with E-state index in [4.69, 9.17) is 4.42 Å². The third-order valence-electron chi connectivity index (χ3n) is 4.99. The minimum absolute atomic E-state index is 0.0576. The van der Waals surface area contributed by atoms with Gasteiger partial charge in [-0.25, -0.2) is 22.7 Å². The van der Waals surface area contributed by atoms with E-state index in [1.165, 1.54) is 30.3 Å². The van der Waals surface area contributed by atoms with Crippen molar-refractivity contribution in [2.45, 2.75) is 37.6 Å². The maximum Gasteiger partial charge on any atom is 0.434 e. The van der Waals surface area contributed by atoms with Crippen LogP contribution in [0.2, 0.25) is 0 Å². The Labute approximate surface area is 172 Å². The molecule has 10 heteroatoms. The molecule has 1 heterocycles. The summed E-state index contributed by atoms with van der Waals surface area (Å²) in [7, 11) is -4.24. The quantitative estimate of drug-likeness (QED) is 0.619. The average Bonchev–Trinajstić information content (AvgIpc) is 3.15. The first-order valence-electron chi connectivity index (χ1n) is 8.98. The lowest BCUT2D eigenvalue weighted by atomic mass is 9.88. The summed E-state index contributed by atoms with van der Waals surface area (Å²) in [6.07, 6.45) is 0. The van der Waals surface area contributed by atoms with Gasteiger partial charge in [0.2, 0.25) is 15.9 Å². The molecule has 3 aromatic rings. The number of nitrogens with zero attached hydrogens (tertiary/aromatic N) is 2. The number of hydrogen-bond donors (Lipinski definition) is 2. The highest BCUT2D eigenvalue weighted by Gasteiger charge is 2.34. The van der Waals surface area contributed by atoms with Crippen LogP contribution < -0.4 is 10.5 Å². The van der Waals surface area contributed by atoms with Crippen molar-refractivity contribution in [3.63, 3.8) is 0 Å². The maximum atomic E-state index is 14.7. The highest BCUT2D eigenvalue weighted by molar-refractivity contribution is 7.89. The van der Waals surface area contributed by atoms with E-state index in [-0.39, 0.29) is 21.9 Å². The highest BCUT2D eigenvalue weighted by Crippen LogP contribution is 2.35. The Balaban J connectivity index is 2.13. The Morgan fingerprint density at radius 1 is 1.23 bits per heavy atom. The first kappa shape index (κ1) is 21.4. The second-order valence-electron chi connectivity index (χ2n) is 6.85. The van der Waals surface area contributed by atoms with Gasteiger partial charge in [0, 0.05) is 5.92 Å². The van der Waals surface area contributed by atoms with E-state index >= 15 is 0 Å². The maximum absolute atomic E-state index is 14.7. The van der Waals surface area contributed by atoms with Gasteiger partial charge in [0.25, 0.3) is 0 Å². The summed E-state index contributed by atoms with van der Waals surface area (Å²) in [4.78, 5) is 11.3. The van der Waals surface area contributed by atoms with E-state index in [0.717, 1.165) is 5.56 Å². The molecular formula is C20H19FN4O4S. The highest BCUT2D eigenvalue weighted by atomic mass is 32.2. The van der Waals surface area contributed by atoms with Gasteiger partial charge in [0.05, 0.1) is 10.5 Å². The molecule has 0 aliphatic heterocycles. The Hall–Kier alpha value is -3.29.